The SMILES string of the molecule is C=CCNC(=NC)NCc1ccccc1OCC=C. The predicted molar refractivity (Wildman–Crippen MR) is 80.5 cm³/mol. The van der Waals surface area contributed by atoms with Gasteiger partial charge in [-0.05, 0) is 6.07 Å². The average Bonchev–Trinajstić information content (AvgIpc) is 2.46. The molecule has 0 atom stereocenters. The second kappa shape index (κ2) is 8.80. The van der Waals surface area contributed by atoms with Crippen LogP contribution in [0.1, 0.15) is 5.56 Å². The molecule has 1 aromatic rings. The summed E-state index contributed by atoms with van der Waals surface area (Å²) < 4.78 is 5.60. The zero-order chi connectivity index (χ0) is 13.9. The molecule has 0 saturated carbocycles. The molecule has 1 aromatic carbocycles. The molecule has 0 aliphatic rings. The zero-order valence-corrected chi connectivity index (χ0v) is 11.4. The van der Waals surface area contributed by atoms with Crippen molar-refractivity contribution in [1.29, 1.82) is 0 Å². The Morgan fingerprint density at radius 1 is 1.26 bits per heavy atom. The molecule has 0 aromatic heterocycles. The second-order valence-corrected chi connectivity index (χ2v) is 3.80. The highest BCUT2D eigenvalue weighted by Crippen LogP contribution is 2.17. The van der Waals surface area contributed by atoms with Crippen molar-refractivity contribution in [2.45, 2.75) is 6.54 Å². The van der Waals surface area contributed by atoms with Crippen LogP contribution in [0.3, 0.4) is 0 Å². The minimum Gasteiger partial charge on any atom is -0.489 e. The lowest BCUT2D eigenvalue weighted by Gasteiger charge is -2.13. The van der Waals surface area contributed by atoms with Crippen LogP contribution >= 0.6 is 0 Å². The van der Waals surface area contributed by atoms with Crippen molar-refractivity contribution >= 4 is 5.96 Å². The fourth-order valence-electron chi connectivity index (χ4n) is 1.51. The molecule has 0 unspecified atom stereocenters. The van der Waals surface area contributed by atoms with Crippen LogP contribution in [-0.4, -0.2) is 26.2 Å². The van der Waals surface area contributed by atoms with Crippen molar-refractivity contribution in [3.8, 4) is 5.75 Å². The Bertz CT molecular complexity index is 441. The second-order valence-electron chi connectivity index (χ2n) is 3.80. The van der Waals surface area contributed by atoms with Gasteiger partial charge < -0.3 is 15.4 Å². The van der Waals surface area contributed by atoms with Crippen molar-refractivity contribution in [1.82, 2.24) is 10.6 Å². The third-order valence-electron chi connectivity index (χ3n) is 2.41. The zero-order valence-electron chi connectivity index (χ0n) is 11.4. The summed E-state index contributed by atoms with van der Waals surface area (Å²) in [6.07, 6.45) is 3.52. The molecule has 4 nitrogen and oxygen atoms in total. The lowest BCUT2D eigenvalue weighted by Crippen LogP contribution is -2.36. The molecule has 4 heteroatoms. The molecular weight excluding hydrogens is 238 g/mol. The van der Waals surface area contributed by atoms with E-state index in [1.54, 1.807) is 19.2 Å². The third-order valence-corrected chi connectivity index (χ3v) is 2.41. The molecule has 2 N–H and O–H groups in total. The molecule has 102 valence electrons. The number of nitrogens with zero attached hydrogens (tertiary/aromatic N) is 1. The molecular formula is C15H21N3O. The molecule has 0 aliphatic heterocycles. The highest BCUT2D eigenvalue weighted by molar-refractivity contribution is 5.79. The highest BCUT2D eigenvalue weighted by atomic mass is 16.5. The van der Waals surface area contributed by atoms with Gasteiger partial charge in [-0.2, -0.15) is 0 Å². The van der Waals surface area contributed by atoms with Crippen LogP contribution in [0.25, 0.3) is 0 Å². The monoisotopic (exact) mass is 259 g/mol. The number of benzene rings is 1. The number of hydrogen-bond donors (Lipinski definition) is 2. The molecule has 0 spiro atoms. The summed E-state index contributed by atoms with van der Waals surface area (Å²) in [7, 11) is 1.73. The Labute approximate surface area is 114 Å². The van der Waals surface area contributed by atoms with E-state index in [1.165, 1.54) is 0 Å². The summed E-state index contributed by atoms with van der Waals surface area (Å²) >= 11 is 0. The Balaban J connectivity index is 2.60. The summed E-state index contributed by atoms with van der Waals surface area (Å²) in [6, 6.07) is 7.90. The smallest absolute Gasteiger partial charge is 0.191 e. The molecule has 0 heterocycles. The van der Waals surface area contributed by atoms with Gasteiger partial charge in [-0.3, -0.25) is 4.99 Å². The van der Waals surface area contributed by atoms with Crippen molar-refractivity contribution in [3.63, 3.8) is 0 Å². The van der Waals surface area contributed by atoms with Gasteiger partial charge in [0.1, 0.15) is 12.4 Å². The molecule has 1 rings (SSSR count). The minimum atomic E-state index is 0.500. The molecule has 19 heavy (non-hydrogen) atoms. The molecule has 0 aliphatic carbocycles. The van der Waals surface area contributed by atoms with Gasteiger partial charge in [0.2, 0.25) is 0 Å². The van der Waals surface area contributed by atoms with Gasteiger partial charge in [0, 0.05) is 25.7 Å². The van der Waals surface area contributed by atoms with Gasteiger partial charge in [-0.1, -0.05) is 36.9 Å². The van der Waals surface area contributed by atoms with Crippen molar-refractivity contribution in [2.24, 2.45) is 4.99 Å². The van der Waals surface area contributed by atoms with Crippen molar-refractivity contribution < 1.29 is 4.74 Å². The van der Waals surface area contributed by atoms with E-state index in [1.807, 2.05) is 24.3 Å². The first-order valence-corrected chi connectivity index (χ1v) is 6.18. The number of rotatable bonds is 7. The number of guanidine groups is 1. The number of hydrogen-bond acceptors (Lipinski definition) is 2. The van der Waals surface area contributed by atoms with E-state index in [4.69, 9.17) is 4.74 Å². The molecule has 0 saturated heterocycles. The average molecular weight is 259 g/mol. The maximum Gasteiger partial charge on any atom is 0.191 e. The largest absolute Gasteiger partial charge is 0.489 e. The summed E-state index contributed by atoms with van der Waals surface area (Å²) in [5, 5.41) is 6.34. The fourth-order valence-corrected chi connectivity index (χ4v) is 1.51. The molecule has 0 radical (unpaired) electrons. The van der Waals surface area contributed by atoms with Gasteiger partial charge in [0.05, 0.1) is 0 Å². The van der Waals surface area contributed by atoms with Crippen LogP contribution in [0.5, 0.6) is 5.75 Å². The van der Waals surface area contributed by atoms with E-state index in [0.717, 1.165) is 17.3 Å². The Kier molecular flexibility index (Phi) is 6.87. The predicted octanol–water partition coefficient (Wildman–Crippen LogP) is 2.10. The Morgan fingerprint density at radius 3 is 2.74 bits per heavy atom. The molecule has 0 bridgehead atoms. The molecule has 0 amide bonds. The van der Waals surface area contributed by atoms with Gasteiger partial charge in [-0.25, -0.2) is 0 Å². The van der Waals surface area contributed by atoms with E-state index in [0.29, 0.717) is 19.7 Å². The van der Waals surface area contributed by atoms with Crippen LogP contribution in [0, 0.1) is 0 Å². The quantitative estimate of drug-likeness (QED) is 0.448. The standard InChI is InChI=1S/C15H21N3O/c1-4-10-17-15(16-3)18-12-13-8-6-7-9-14(13)19-11-5-2/h4-9H,1-2,10-12H2,3H3,(H2,16,17,18). The summed E-state index contributed by atoms with van der Waals surface area (Å²) in [6.45, 7) is 9.12. The maximum atomic E-state index is 5.60. The number of nitrogens with one attached hydrogen (secondary N) is 2. The summed E-state index contributed by atoms with van der Waals surface area (Å²) in [5.74, 6) is 1.59. The van der Waals surface area contributed by atoms with Crippen LogP contribution in [0.2, 0.25) is 0 Å². The fraction of sp³-hybridized carbons (Fsp3) is 0.267. The Hall–Kier alpha value is -2.23. The number of aliphatic imine (C=N–C) groups is 1. The van der Waals surface area contributed by atoms with Crippen LogP contribution in [0.4, 0.5) is 0 Å². The lowest BCUT2D eigenvalue weighted by atomic mass is 10.2. The van der Waals surface area contributed by atoms with Gasteiger partial charge in [-0.15, -0.1) is 6.58 Å². The first-order valence-electron chi connectivity index (χ1n) is 6.18. The first kappa shape index (κ1) is 14.8. The van der Waals surface area contributed by atoms with Crippen LogP contribution in [-0.2, 0) is 6.54 Å². The summed E-state index contributed by atoms with van der Waals surface area (Å²) in [4.78, 5) is 4.12. The van der Waals surface area contributed by atoms with E-state index in [9.17, 15) is 0 Å². The number of para-hydroxylation sites is 1. The van der Waals surface area contributed by atoms with Gasteiger partial charge in [0.25, 0.3) is 0 Å². The number of ether oxygens (including phenoxy) is 1. The topological polar surface area (TPSA) is 45.7 Å². The Morgan fingerprint density at radius 2 is 2.05 bits per heavy atom. The van der Waals surface area contributed by atoms with E-state index < -0.39 is 0 Å². The van der Waals surface area contributed by atoms with E-state index in [2.05, 4.69) is 28.8 Å². The third kappa shape index (κ3) is 5.29. The molecule has 0 fully saturated rings. The first-order chi connectivity index (χ1) is 9.31. The van der Waals surface area contributed by atoms with E-state index in [-0.39, 0.29) is 0 Å². The van der Waals surface area contributed by atoms with E-state index >= 15 is 0 Å². The van der Waals surface area contributed by atoms with Crippen molar-refractivity contribution in [2.75, 3.05) is 20.2 Å². The maximum absolute atomic E-state index is 5.60. The lowest BCUT2D eigenvalue weighted by molar-refractivity contribution is 0.358. The van der Waals surface area contributed by atoms with Crippen LogP contribution in [0.15, 0.2) is 54.6 Å². The summed E-state index contributed by atoms with van der Waals surface area (Å²) in [5.41, 5.74) is 1.07. The highest BCUT2D eigenvalue weighted by Gasteiger charge is 2.03. The van der Waals surface area contributed by atoms with Crippen LogP contribution < -0.4 is 15.4 Å². The normalized spacial score (nSPS) is 10.7. The van der Waals surface area contributed by atoms with Gasteiger partial charge in [0.15, 0.2) is 5.96 Å². The van der Waals surface area contributed by atoms with Gasteiger partial charge >= 0.3 is 0 Å². The minimum absolute atomic E-state index is 0.500. The van der Waals surface area contributed by atoms with Crippen molar-refractivity contribution in [3.05, 3.63) is 55.1 Å².